The van der Waals surface area contributed by atoms with Gasteiger partial charge in [-0.15, -0.1) is 0 Å². The van der Waals surface area contributed by atoms with Crippen LogP contribution in [0.2, 0.25) is 5.02 Å². The number of urea groups is 1. The molecule has 0 radical (unpaired) electrons. The number of carbonyl (C=O) groups is 3. The first kappa shape index (κ1) is 23.0. The number of esters is 2. The second-order valence-corrected chi connectivity index (χ2v) is 7.86. The van der Waals surface area contributed by atoms with Gasteiger partial charge in [0, 0.05) is 27.9 Å². The predicted octanol–water partition coefficient (Wildman–Crippen LogP) is 4.04. The minimum atomic E-state index is -1.34. The average molecular weight is 435 g/mol. The molecule has 0 aliphatic carbocycles. The van der Waals surface area contributed by atoms with Crippen molar-refractivity contribution >= 4 is 35.3 Å². The third kappa shape index (κ3) is 6.38. The molecule has 0 heterocycles. The van der Waals surface area contributed by atoms with Gasteiger partial charge in [0.25, 0.3) is 0 Å². The van der Waals surface area contributed by atoms with E-state index in [2.05, 4.69) is 10.6 Å². The van der Waals surface area contributed by atoms with Crippen LogP contribution in [0.4, 0.5) is 10.5 Å². The van der Waals surface area contributed by atoms with E-state index in [1.54, 1.807) is 12.1 Å². The largest absolute Gasteiger partial charge is 0.507 e. The van der Waals surface area contributed by atoms with Crippen LogP contribution >= 0.6 is 11.6 Å². The third-order valence-electron chi connectivity index (χ3n) is 3.78. The van der Waals surface area contributed by atoms with Crippen LogP contribution in [0.5, 0.6) is 5.75 Å². The highest BCUT2D eigenvalue weighted by Crippen LogP contribution is 2.27. The molecular weight excluding hydrogens is 412 g/mol. The highest BCUT2D eigenvalue weighted by Gasteiger charge is 2.28. The Kier molecular flexibility index (Phi) is 7.28. The summed E-state index contributed by atoms with van der Waals surface area (Å²) in [6.07, 6.45) is -1.34. The molecule has 3 N–H and O–H groups in total. The summed E-state index contributed by atoms with van der Waals surface area (Å²) in [6.45, 7) is 5.46. The van der Waals surface area contributed by atoms with Gasteiger partial charge in [-0.3, -0.25) is 0 Å². The van der Waals surface area contributed by atoms with Gasteiger partial charge >= 0.3 is 18.0 Å². The standard InChI is InChI=1S/C21H23ClN2O6/c1-21(2,3)24-20(28)23-14-9-10-15(16(25)11-14)18(26)30-17(19(27)29-4)12-5-7-13(22)8-6-12/h5-11,17,25H,1-4H3,(H2,23,24,28). The monoisotopic (exact) mass is 434 g/mol. The van der Waals surface area contributed by atoms with Gasteiger partial charge in [0.05, 0.1) is 7.11 Å². The van der Waals surface area contributed by atoms with E-state index >= 15 is 0 Å². The summed E-state index contributed by atoms with van der Waals surface area (Å²) in [5.74, 6) is -2.15. The summed E-state index contributed by atoms with van der Waals surface area (Å²) >= 11 is 5.85. The van der Waals surface area contributed by atoms with Crippen LogP contribution in [0, 0.1) is 0 Å². The Hall–Kier alpha value is -3.26. The molecule has 2 aromatic carbocycles. The molecule has 8 nitrogen and oxygen atoms in total. The highest BCUT2D eigenvalue weighted by atomic mass is 35.5. The zero-order valence-electron chi connectivity index (χ0n) is 17.0. The van der Waals surface area contributed by atoms with Crippen LogP contribution in [0.1, 0.15) is 42.8 Å². The number of halogens is 1. The Morgan fingerprint density at radius 2 is 1.70 bits per heavy atom. The van der Waals surface area contributed by atoms with Crippen LogP contribution in [-0.4, -0.2) is 35.7 Å². The van der Waals surface area contributed by atoms with Gasteiger partial charge in [-0.05, 0) is 45.0 Å². The fourth-order valence-electron chi connectivity index (χ4n) is 2.45. The van der Waals surface area contributed by atoms with E-state index in [9.17, 15) is 19.5 Å². The van der Waals surface area contributed by atoms with E-state index in [4.69, 9.17) is 21.1 Å². The van der Waals surface area contributed by atoms with Crippen LogP contribution < -0.4 is 10.6 Å². The number of aromatic hydroxyl groups is 1. The summed E-state index contributed by atoms with van der Waals surface area (Å²) in [7, 11) is 1.17. The zero-order valence-corrected chi connectivity index (χ0v) is 17.7. The van der Waals surface area contributed by atoms with E-state index in [0.717, 1.165) is 0 Å². The number of amides is 2. The molecule has 0 aliphatic heterocycles. The Balaban J connectivity index is 2.17. The summed E-state index contributed by atoms with van der Waals surface area (Å²) in [6, 6.07) is 9.58. The van der Waals surface area contributed by atoms with Gasteiger partial charge in [0.1, 0.15) is 11.3 Å². The molecule has 160 valence electrons. The summed E-state index contributed by atoms with van der Waals surface area (Å²) in [5, 5.41) is 15.9. The van der Waals surface area contributed by atoms with Gasteiger partial charge in [-0.1, -0.05) is 23.7 Å². The molecule has 0 aliphatic rings. The Morgan fingerprint density at radius 1 is 1.07 bits per heavy atom. The molecule has 0 bridgehead atoms. The maximum Gasteiger partial charge on any atom is 0.351 e. The molecule has 2 rings (SSSR count). The molecule has 0 aromatic heterocycles. The second-order valence-electron chi connectivity index (χ2n) is 7.42. The maximum absolute atomic E-state index is 12.5. The third-order valence-corrected chi connectivity index (χ3v) is 4.03. The van der Waals surface area contributed by atoms with Crippen molar-refractivity contribution in [1.29, 1.82) is 0 Å². The number of hydrogen-bond acceptors (Lipinski definition) is 6. The minimum absolute atomic E-state index is 0.181. The lowest BCUT2D eigenvalue weighted by Crippen LogP contribution is -2.43. The maximum atomic E-state index is 12.5. The van der Waals surface area contributed by atoms with Gasteiger partial charge in [0.2, 0.25) is 6.10 Å². The topological polar surface area (TPSA) is 114 Å². The molecule has 2 amide bonds. The molecule has 1 atom stereocenters. The van der Waals surface area contributed by atoms with Crippen molar-refractivity contribution in [2.24, 2.45) is 0 Å². The number of ether oxygens (including phenoxy) is 2. The number of phenolic OH excluding ortho intramolecular Hbond substituents is 1. The van der Waals surface area contributed by atoms with E-state index in [0.29, 0.717) is 10.6 Å². The fourth-order valence-corrected chi connectivity index (χ4v) is 2.58. The Bertz CT molecular complexity index is 938. The lowest BCUT2D eigenvalue weighted by atomic mass is 10.1. The van der Waals surface area contributed by atoms with E-state index in [1.807, 2.05) is 20.8 Å². The molecule has 0 saturated carbocycles. The Labute approximate surface area is 179 Å². The van der Waals surface area contributed by atoms with E-state index in [-0.39, 0.29) is 11.3 Å². The number of carbonyl (C=O) groups excluding carboxylic acids is 3. The lowest BCUT2D eigenvalue weighted by Gasteiger charge is -2.21. The van der Waals surface area contributed by atoms with Gasteiger partial charge < -0.3 is 25.2 Å². The van der Waals surface area contributed by atoms with Crippen molar-refractivity contribution in [2.75, 3.05) is 12.4 Å². The number of anilines is 1. The fraction of sp³-hybridized carbons (Fsp3) is 0.286. The SMILES string of the molecule is COC(=O)C(OC(=O)c1ccc(NC(=O)NC(C)(C)C)cc1O)c1ccc(Cl)cc1. The minimum Gasteiger partial charge on any atom is -0.507 e. The molecule has 1 unspecified atom stereocenters. The number of benzene rings is 2. The van der Waals surface area contributed by atoms with Crippen molar-refractivity contribution < 1.29 is 29.0 Å². The molecule has 0 fully saturated rings. The molecule has 2 aromatic rings. The van der Waals surface area contributed by atoms with Crippen LogP contribution in [0.3, 0.4) is 0 Å². The summed E-state index contributed by atoms with van der Waals surface area (Å²) in [5.41, 5.74) is 0.00404. The summed E-state index contributed by atoms with van der Waals surface area (Å²) in [4.78, 5) is 36.6. The van der Waals surface area contributed by atoms with Gasteiger partial charge in [-0.25, -0.2) is 14.4 Å². The first-order chi connectivity index (χ1) is 14.0. The number of rotatable bonds is 5. The number of methoxy groups -OCH3 is 1. The second kappa shape index (κ2) is 9.49. The quantitative estimate of drug-likeness (QED) is 0.612. The van der Waals surface area contributed by atoms with Crippen molar-refractivity contribution in [3.8, 4) is 5.75 Å². The first-order valence-electron chi connectivity index (χ1n) is 8.96. The average Bonchev–Trinajstić information content (AvgIpc) is 2.64. The van der Waals surface area contributed by atoms with Gasteiger partial charge in [-0.2, -0.15) is 0 Å². The lowest BCUT2D eigenvalue weighted by molar-refractivity contribution is -0.151. The number of hydrogen-bond donors (Lipinski definition) is 3. The van der Waals surface area contributed by atoms with Crippen molar-refractivity contribution in [3.05, 3.63) is 58.6 Å². The smallest absolute Gasteiger partial charge is 0.351 e. The Morgan fingerprint density at radius 3 is 2.23 bits per heavy atom. The van der Waals surface area contributed by atoms with Crippen LogP contribution in [0.15, 0.2) is 42.5 Å². The van der Waals surface area contributed by atoms with Crippen molar-refractivity contribution in [2.45, 2.75) is 32.4 Å². The van der Waals surface area contributed by atoms with Gasteiger partial charge in [0.15, 0.2) is 0 Å². The predicted molar refractivity (Wildman–Crippen MR) is 112 cm³/mol. The highest BCUT2D eigenvalue weighted by molar-refractivity contribution is 6.30. The zero-order chi connectivity index (χ0) is 22.5. The molecule has 0 spiro atoms. The van der Waals surface area contributed by atoms with Crippen molar-refractivity contribution in [3.63, 3.8) is 0 Å². The molecule has 0 saturated heterocycles. The van der Waals surface area contributed by atoms with E-state index < -0.39 is 35.4 Å². The number of phenols is 1. The summed E-state index contributed by atoms with van der Waals surface area (Å²) < 4.78 is 9.97. The van der Waals surface area contributed by atoms with Crippen LogP contribution in [-0.2, 0) is 14.3 Å². The first-order valence-corrected chi connectivity index (χ1v) is 9.34. The molecule has 30 heavy (non-hydrogen) atoms. The molecular formula is C21H23ClN2O6. The number of nitrogens with one attached hydrogen (secondary N) is 2. The molecule has 9 heteroatoms. The normalized spacial score (nSPS) is 11.9. The van der Waals surface area contributed by atoms with Crippen molar-refractivity contribution in [1.82, 2.24) is 5.32 Å². The van der Waals surface area contributed by atoms with Crippen LogP contribution in [0.25, 0.3) is 0 Å². The van der Waals surface area contributed by atoms with E-state index in [1.165, 1.54) is 37.4 Å².